The van der Waals surface area contributed by atoms with Gasteiger partial charge in [0.1, 0.15) is 23.3 Å². The fourth-order valence-electron chi connectivity index (χ4n) is 5.93. The molecule has 0 radical (unpaired) electrons. The van der Waals surface area contributed by atoms with Crippen molar-refractivity contribution in [2.24, 2.45) is 0 Å². The number of halogens is 3. The lowest BCUT2D eigenvalue weighted by atomic mass is 9.87. The van der Waals surface area contributed by atoms with Crippen LogP contribution in [0.15, 0.2) is 67.0 Å². The lowest BCUT2D eigenvalue weighted by Gasteiger charge is -2.29. The van der Waals surface area contributed by atoms with Crippen molar-refractivity contribution in [2.75, 3.05) is 18.5 Å². The Balaban J connectivity index is 1.11. The van der Waals surface area contributed by atoms with Crippen LogP contribution >= 0.6 is 0 Å². The zero-order valence-corrected chi connectivity index (χ0v) is 26.0. The highest BCUT2D eigenvalue weighted by Gasteiger charge is 2.26. The van der Waals surface area contributed by atoms with Gasteiger partial charge in [0.15, 0.2) is 0 Å². The van der Waals surface area contributed by atoms with E-state index in [2.05, 4.69) is 46.6 Å². The first-order chi connectivity index (χ1) is 22.1. The lowest BCUT2D eigenvalue weighted by Crippen LogP contribution is -2.41. The van der Waals surface area contributed by atoms with Crippen LogP contribution in [0.1, 0.15) is 64.0 Å². The molecule has 0 bridgehead atoms. The second-order valence-electron chi connectivity index (χ2n) is 12.0. The second kappa shape index (κ2) is 13.4. The Bertz CT molecular complexity index is 1840. The normalized spacial score (nSPS) is 17.3. The maximum absolute atomic E-state index is 15.0. The Kier molecular flexibility index (Phi) is 9.19. The predicted molar refractivity (Wildman–Crippen MR) is 171 cm³/mol. The number of aromatic nitrogens is 3. The van der Waals surface area contributed by atoms with Crippen molar-refractivity contribution >= 4 is 22.6 Å². The Labute approximate surface area is 265 Å². The van der Waals surface area contributed by atoms with Gasteiger partial charge in [-0.1, -0.05) is 24.3 Å². The summed E-state index contributed by atoms with van der Waals surface area (Å²) >= 11 is 0. The van der Waals surface area contributed by atoms with Crippen LogP contribution in [-0.2, 0) is 16.0 Å². The summed E-state index contributed by atoms with van der Waals surface area (Å²) in [6.45, 7) is 6.75. The number of hydrogen-bond donors (Lipinski definition) is 3. The average Bonchev–Trinajstić information content (AvgIpc) is 3.44. The number of rotatable bonds is 9. The Morgan fingerprint density at radius 3 is 2.54 bits per heavy atom. The first kappa shape index (κ1) is 31.4. The molecular formula is C36H36F3N5O2. The number of carbonyl (C=O) groups excluding carboxylic acids is 1. The number of aromatic amines is 1. The first-order valence-corrected chi connectivity index (χ1v) is 15.4. The van der Waals surface area contributed by atoms with Gasteiger partial charge in [-0.3, -0.25) is 9.78 Å². The molecule has 3 N–H and O–H groups in total. The highest BCUT2D eigenvalue weighted by molar-refractivity contribution is 5.92. The van der Waals surface area contributed by atoms with Crippen LogP contribution in [0, 0.1) is 38.2 Å². The number of aryl methyl sites for hydroxylation is 3. The van der Waals surface area contributed by atoms with Crippen molar-refractivity contribution in [1.82, 2.24) is 20.3 Å². The standard InChI is InChI=1S/C36H36F3N5O2/c1-20-7-8-24(14-29(20)38)28(23-5-4-6-25(37)13-23)15-35(45)42-33-18-40-17-30(39)27(33)10-9-26-16-41-34(19-46-26)36-43-31-11-21(2)22(3)12-32(31)44-36/h4-8,11-14,17-18,26,28,34,41H,9-10,15-16,19H2,1-3H3,(H,42,45)(H,43,44)/t26-,28-,34+/m1/s1. The quantitative estimate of drug-likeness (QED) is 0.162. The number of nitrogens with zero attached hydrogens (tertiary/aromatic N) is 2. The topological polar surface area (TPSA) is 91.9 Å². The molecule has 3 aromatic carbocycles. The number of benzene rings is 3. The monoisotopic (exact) mass is 627 g/mol. The van der Waals surface area contributed by atoms with E-state index in [9.17, 15) is 13.6 Å². The summed E-state index contributed by atoms with van der Waals surface area (Å²) < 4.78 is 49.8. The number of carbonyl (C=O) groups is 1. The van der Waals surface area contributed by atoms with Gasteiger partial charge in [0, 0.05) is 24.4 Å². The van der Waals surface area contributed by atoms with E-state index in [-0.39, 0.29) is 24.3 Å². The fraction of sp³-hybridized carbons (Fsp3) is 0.306. The van der Waals surface area contributed by atoms with E-state index in [0.29, 0.717) is 48.2 Å². The fourth-order valence-corrected chi connectivity index (χ4v) is 5.93. The predicted octanol–water partition coefficient (Wildman–Crippen LogP) is 7.12. The van der Waals surface area contributed by atoms with Crippen LogP contribution in [0.25, 0.3) is 11.0 Å². The molecule has 0 unspecified atom stereocenters. The van der Waals surface area contributed by atoms with Gasteiger partial charge in [0.2, 0.25) is 5.91 Å². The van der Waals surface area contributed by atoms with Crippen molar-refractivity contribution in [1.29, 1.82) is 0 Å². The molecule has 0 aliphatic carbocycles. The Morgan fingerprint density at radius 2 is 1.78 bits per heavy atom. The summed E-state index contributed by atoms with van der Waals surface area (Å²) in [5, 5.41) is 6.29. The minimum absolute atomic E-state index is 0.0928. The first-order valence-electron chi connectivity index (χ1n) is 15.4. The molecule has 7 nitrogen and oxygen atoms in total. The SMILES string of the molecule is Cc1cc2nc([C@@H]3CO[C@H](CCc4c(F)cncc4NC(=O)C[C@H](c4cccc(F)c4)c4ccc(C)c(F)c4)CN3)[nH]c2cc1C. The van der Waals surface area contributed by atoms with Crippen molar-refractivity contribution < 1.29 is 22.7 Å². The molecule has 0 spiro atoms. The van der Waals surface area contributed by atoms with Crippen molar-refractivity contribution in [2.45, 2.75) is 58.1 Å². The van der Waals surface area contributed by atoms with E-state index in [4.69, 9.17) is 9.72 Å². The van der Waals surface area contributed by atoms with E-state index < -0.39 is 29.3 Å². The molecule has 6 rings (SSSR count). The number of nitrogens with one attached hydrogen (secondary N) is 3. The summed E-state index contributed by atoms with van der Waals surface area (Å²) in [5.74, 6) is -1.64. The molecule has 2 aromatic heterocycles. The van der Waals surface area contributed by atoms with Gasteiger partial charge in [0.05, 0.1) is 47.9 Å². The van der Waals surface area contributed by atoms with Gasteiger partial charge in [0.25, 0.3) is 0 Å². The molecule has 1 saturated heterocycles. The molecular weight excluding hydrogens is 591 g/mol. The number of morpholine rings is 1. The Morgan fingerprint density at radius 1 is 0.978 bits per heavy atom. The molecule has 1 fully saturated rings. The van der Waals surface area contributed by atoms with Crippen LogP contribution in [0.4, 0.5) is 18.9 Å². The van der Waals surface area contributed by atoms with Crippen molar-refractivity contribution in [3.63, 3.8) is 0 Å². The van der Waals surface area contributed by atoms with E-state index in [1.165, 1.54) is 35.5 Å². The molecule has 46 heavy (non-hydrogen) atoms. The molecule has 1 amide bonds. The molecule has 1 aliphatic heterocycles. The van der Waals surface area contributed by atoms with E-state index in [0.717, 1.165) is 23.1 Å². The van der Waals surface area contributed by atoms with Gasteiger partial charge in [-0.05, 0) is 91.8 Å². The largest absolute Gasteiger partial charge is 0.375 e. The molecule has 1 aliphatic rings. The zero-order chi connectivity index (χ0) is 32.4. The third kappa shape index (κ3) is 6.98. The highest BCUT2D eigenvalue weighted by atomic mass is 19.1. The number of H-pyrrole nitrogens is 1. The summed E-state index contributed by atoms with van der Waals surface area (Å²) in [5.41, 5.74) is 6.39. The number of anilines is 1. The lowest BCUT2D eigenvalue weighted by molar-refractivity contribution is -0.116. The molecule has 10 heteroatoms. The van der Waals surface area contributed by atoms with E-state index in [1.54, 1.807) is 31.2 Å². The summed E-state index contributed by atoms with van der Waals surface area (Å²) in [7, 11) is 0. The molecule has 3 atom stereocenters. The maximum atomic E-state index is 15.0. The van der Waals surface area contributed by atoms with E-state index >= 15 is 4.39 Å². The minimum Gasteiger partial charge on any atom is -0.375 e. The van der Waals surface area contributed by atoms with Crippen LogP contribution in [0.5, 0.6) is 0 Å². The number of imidazole rings is 1. The summed E-state index contributed by atoms with van der Waals surface area (Å²) in [6, 6.07) is 14.7. The Hall–Kier alpha value is -4.54. The number of hydrogen-bond acceptors (Lipinski definition) is 5. The number of amides is 1. The van der Waals surface area contributed by atoms with Gasteiger partial charge >= 0.3 is 0 Å². The highest BCUT2D eigenvalue weighted by Crippen LogP contribution is 2.31. The van der Waals surface area contributed by atoms with Crippen LogP contribution in [0.3, 0.4) is 0 Å². The number of fused-ring (bicyclic) bond motifs is 1. The second-order valence-corrected chi connectivity index (χ2v) is 12.0. The van der Waals surface area contributed by atoms with Gasteiger partial charge < -0.3 is 20.4 Å². The minimum atomic E-state index is -0.620. The zero-order valence-electron chi connectivity index (χ0n) is 26.0. The van der Waals surface area contributed by atoms with Crippen molar-refractivity contribution in [3.05, 3.63) is 124 Å². The van der Waals surface area contributed by atoms with E-state index in [1.807, 2.05) is 0 Å². The van der Waals surface area contributed by atoms with Gasteiger partial charge in [-0.15, -0.1) is 0 Å². The number of pyridine rings is 1. The molecule has 5 aromatic rings. The third-order valence-corrected chi connectivity index (χ3v) is 8.77. The molecule has 238 valence electrons. The van der Waals surface area contributed by atoms with Crippen LogP contribution < -0.4 is 10.6 Å². The van der Waals surface area contributed by atoms with Crippen LogP contribution in [-0.4, -0.2) is 40.1 Å². The molecule has 3 heterocycles. The average molecular weight is 628 g/mol. The van der Waals surface area contributed by atoms with Crippen LogP contribution in [0.2, 0.25) is 0 Å². The maximum Gasteiger partial charge on any atom is 0.225 e. The van der Waals surface area contributed by atoms with Gasteiger partial charge in [-0.2, -0.15) is 0 Å². The summed E-state index contributed by atoms with van der Waals surface area (Å²) in [4.78, 5) is 25.4. The smallest absolute Gasteiger partial charge is 0.225 e. The van der Waals surface area contributed by atoms with Gasteiger partial charge in [-0.25, -0.2) is 18.2 Å². The summed E-state index contributed by atoms with van der Waals surface area (Å²) in [6.07, 6.45) is 3.07. The number of ether oxygens (including phenoxy) is 1. The third-order valence-electron chi connectivity index (χ3n) is 8.77. The molecule has 0 saturated carbocycles. The van der Waals surface area contributed by atoms with Crippen molar-refractivity contribution in [3.8, 4) is 0 Å².